The molecule has 69 heavy (non-hydrogen) atoms. The minimum absolute atomic E-state index is 0. The second kappa shape index (κ2) is 66.0. The van der Waals surface area contributed by atoms with Crippen molar-refractivity contribution in [3.63, 3.8) is 0 Å². The Kier molecular flexibility index (Phi) is 70.6. The van der Waals surface area contributed by atoms with E-state index in [4.69, 9.17) is 15.9 Å². The topological polar surface area (TPSA) is 234 Å². The molecule has 0 saturated carbocycles. The van der Waals surface area contributed by atoms with E-state index in [1.165, 1.54) is 0 Å². The molecule has 0 aliphatic carbocycles. The maximum atomic E-state index is 10.3. The van der Waals surface area contributed by atoms with Gasteiger partial charge in [-0.05, 0) is 116 Å². The summed E-state index contributed by atoms with van der Waals surface area (Å²) in [7, 11) is 0. The van der Waals surface area contributed by atoms with Gasteiger partial charge in [0.05, 0.1) is 13.1 Å². The number of rotatable bonds is 38. The second-order valence-electron chi connectivity index (χ2n) is 15.3. The molecule has 0 unspecified atom stereocenters. The first-order valence-electron chi connectivity index (χ1n) is 24.7. The van der Waals surface area contributed by atoms with Crippen LogP contribution in [0.15, 0.2) is 146 Å². The van der Waals surface area contributed by atoms with Gasteiger partial charge in [0.25, 0.3) is 0 Å². The van der Waals surface area contributed by atoms with Gasteiger partial charge in [-0.2, -0.15) is 0 Å². The molecular formula is C57H91CaN3O8. The first kappa shape index (κ1) is 73.9. The van der Waals surface area contributed by atoms with Gasteiger partial charge in [-0.1, -0.05) is 179 Å². The van der Waals surface area contributed by atoms with Crippen molar-refractivity contribution >= 4 is 61.6 Å². The van der Waals surface area contributed by atoms with Crippen LogP contribution in [-0.4, -0.2) is 91.0 Å². The predicted molar refractivity (Wildman–Crippen MR) is 286 cm³/mol. The minimum atomic E-state index is -1.27. The fourth-order valence-corrected chi connectivity index (χ4v) is 5.02. The zero-order valence-electron chi connectivity index (χ0n) is 42.7. The molecule has 0 saturated heterocycles. The molecule has 9 N–H and O–H groups in total. The van der Waals surface area contributed by atoms with Crippen LogP contribution in [0, 0.1) is 12.8 Å². The van der Waals surface area contributed by atoms with Crippen molar-refractivity contribution in [2.75, 3.05) is 13.1 Å². The van der Waals surface area contributed by atoms with Gasteiger partial charge < -0.3 is 54.1 Å². The number of aliphatic carboxylic acids is 4. The molecule has 0 bridgehead atoms. The standard InChI is InChI=1S/2C22H32O2.C7H14NO2.C6H13N2O2.Ca/c2*1-2-3-4-5-6-7-8-9-10-11-12-13-14-15-16-17-18-19-20-21-22(23)24;1-6(7(9)10)4-2-3-5-8;7-4-2-1-3-5(8)6(9)10;/h2*3-4,6-7,9-10,12-13,15-16,18-19H,2,5,8,11,14,17,20-21H2,1H3,(H,23,24);6H,1-5,8H2,(H,9,10);5,8H,1-4,7H2,(H,9,10);/q;;2*-1;+2/b2*4-3+,7-6-,10-9-,13-12+,16-15-,19-18-;;;/t;;6-;5-;/m..00./s1. The Morgan fingerprint density at radius 3 is 0.913 bits per heavy atom. The molecule has 12 heteroatoms. The summed E-state index contributed by atoms with van der Waals surface area (Å²) >= 11 is 0. The number of carbonyl (C=O) groups is 4. The third kappa shape index (κ3) is 78.4. The fraction of sp³-hybridized carbons (Fsp3) is 0.491. The van der Waals surface area contributed by atoms with Crippen LogP contribution in [0.25, 0.3) is 5.73 Å². The molecule has 0 radical (unpaired) electrons. The summed E-state index contributed by atoms with van der Waals surface area (Å²) in [5, 5.41) is 37.1. The van der Waals surface area contributed by atoms with E-state index in [1.54, 1.807) is 0 Å². The normalized spacial score (nSPS) is 12.8. The molecule has 0 aliphatic heterocycles. The number of carboxylic acids is 4. The third-order valence-electron chi connectivity index (χ3n) is 8.91. The van der Waals surface area contributed by atoms with Gasteiger partial charge in [-0.25, -0.2) is 0 Å². The van der Waals surface area contributed by atoms with Crippen LogP contribution in [0.1, 0.15) is 155 Å². The fourth-order valence-electron chi connectivity index (χ4n) is 5.02. The van der Waals surface area contributed by atoms with Gasteiger partial charge in [-0.3, -0.25) is 9.59 Å². The zero-order chi connectivity index (χ0) is 51.4. The van der Waals surface area contributed by atoms with Crippen molar-refractivity contribution in [2.45, 2.75) is 161 Å². The Hall–Kier alpha value is -4.10. The molecule has 2 atom stereocenters. The number of carbonyl (C=O) groups excluding carboxylic acids is 2. The largest absolute Gasteiger partial charge is 2.00 e. The molecule has 0 heterocycles. The van der Waals surface area contributed by atoms with Crippen molar-refractivity contribution < 1.29 is 51.1 Å². The summed E-state index contributed by atoms with van der Waals surface area (Å²) < 4.78 is 0. The summed E-state index contributed by atoms with van der Waals surface area (Å²) in [4.78, 5) is 40.7. The number of hydrogen-bond donors (Lipinski definition) is 4. The van der Waals surface area contributed by atoms with E-state index >= 15 is 0 Å². The first-order valence-corrected chi connectivity index (χ1v) is 24.7. The van der Waals surface area contributed by atoms with Crippen LogP contribution in [0.3, 0.4) is 0 Å². The van der Waals surface area contributed by atoms with Crippen molar-refractivity contribution in [1.29, 1.82) is 0 Å². The second-order valence-corrected chi connectivity index (χ2v) is 15.3. The van der Waals surface area contributed by atoms with Gasteiger partial charge in [0, 0.05) is 24.8 Å². The molecule has 384 valence electrons. The SMILES string of the molecule is CC/C=C/C/C=C\C/C=C\C/C=C/C/C=C\C/C=C\CCC(=O)O.CC/C=C/C/C=C\C/C=C\C/C=C/C/C=C\C/C=C\CCC(=O)O.[CH2-][C@@H](CCCC[NH3+])C(=O)[O-].[Ca+2].[NH-][C@@H](CCCC[NH3+])C(=O)[O-]. The van der Waals surface area contributed by atoms with Crippen molar-refractivity contribution in [1.82, 2.24) is 0 Å². The average Bonchev–Trinajstić information content (AvgIpc) is 3.31. The predicted octanol–water partition coefficient (Wildman–Crippen LogP) is 9.89. The van der Waals surface area contributed by atoms with Crippen molar-refractivity contribution in [3.05, 3.63) is 158 Å². The van der Waals surface area contributed by atoms with E-state index in [2.05, 4.69) is 154 Å². The van der Waals surface area contributed by atoms with Gasteiger partial charge in [0.1, 0.15) is 0 Å². The van der Waals surface area contributed by atoms with Crippen molar-refractivity contribution in [2.24, 2.45) is 5.92 Å². The number of carboxylic acid groups (broad SMARTS) is 4. The Morgan fingerprint density at radius 1 is 0.449 bits per heavy atom. The monoisotopic (exact) mass is 986 g/mol. The maximum Gasteiger partial charge on any atom is 2.00 e. The number of nitrogens with one attached hydrogen (secondary N) is 1. The number of hydrogen-bond acceptors (Lipinski definition) is 6. The molecule has 0 amide bonds. The van der Waals surface area contributed by atoms with E-state index < -0.39 is 35.8 Å². The van der Waals surface area contributed by atoms with Crippen LogP contribution >= 0.6 is 0 Å². The van der Waals surface area contributed by atoms with Crippen LogP contribution in [0.5, 0.6) is 0 Å². The number of unbranched alkanes of at least 4 members (excludes halogenated alkanes) is 2. The molecular weight excluding hydrogens is 895 g/mol. The summed E-state index contributed by atoms with van der Waals surface area (Å²) in [6.45, 7) is 9.39. The average molecular weight is 986 g/mol. The molecule has 0 aromatic heterocycles. The molecule has 0 spiro atoms. The van der Waals surface area contributed by atoms with Crippen LogP contribution in [0.2, 0.25) is 0 Å². The molecule has 0 aromatic carbocycles. The maximum absolute atomic E-state index is 10.3. The Morgan fingerprint density at radius 2 is 0.696 bits per heavy atom. The number of quaternary nitrogens is 2. The quantitative estimate of drug-likeness (QED) is 0.0201. The van der Waals surface area contributed by atoms with E-state index in [9.17, 15) is 29.4 Å². The summed E-state index contributed by atoms with van der Waals surface area (Å²) in [5.41, 5.74) is 14.2. The Labute approximate surface area is 448 Å². The Balaban J connectivity index is -0.000000283. The van der Waals surface area contributed by atoms with Gasteiger partial charge in [0.2, 0.25) is 0 Å². The number of allylic oxidation sites excluding steroid dienone is 24. The first-order chi connectivity index (χ1) is 32.9. The summed E-state index contributed by atoms with van der Waals surface area (Å²) in [5.74, 6) is -4.36. The minimum Gasteiger partial charge on any atom is -0.670 e. The van der Waals surface area contributed by atoms with Gasteiger partial charge in [0.15, 0.2) is 0 Å². The summed E-state index contributed by atoms with van der Waals surface area (Å²) in [6.07, 6.45) is 69.4. The summed E-state index contributed by atoms with van der Waals surface area (Å²) in [6, 6.07) is -1.05. The van der Waals surface area contributed by atoms with E-state index in [0.29, 0.717) is 25.7 Å². The van der Waals surface area contributed by atoms with Gasteiger partial charge >= 0.3 is 49.7 Å². The van der Waals surface area contributed by atoms with Gasteiger partial charge in [-0.15, -0.1) is 5.92 Å². The van der Waals surface area contributed by atoms with E-state index in [-0.39, 0.29) is 50.6 Å². The molecule has 0 rings (SSSR count). The Bertz CT molecular complexity index is 1440. The molecule has 11 nitrogen and oxygen atoms in total. The van der Waals surface area contributed by atoms with Crippen LogP contribution in [-0.2, 0) is 19.2 Å². The van der Waals surface area contributed by atoms with Crippen LogP contribution in [0.4, 0.5) is 0 Å². The molecule has 0 aliphatic rings. The zero-order valence-corrected chi connectivity index (χ0v) is 44.9. The van der Waals surface area contributed by atoms with Crippen molar-refractivity contribution in [3.8, 4) is 0 Å². The van der Waals surface area contributed by atoms with Crippen LogP contribution < -0.4 is 21.7 Å². The third-order valence-corrected chi connectivity index (χ3v) is 8.91. The van der Waals surface area contributed by atoms with E-state index in [0.717, 1.165) is 116 Å². The molecule has 0 aromatic rings. The van der Waals surface area contributed by atoms with E-state index in [1.807, 2.05) is 24.3 Å². The molecule has 0 fully saturated rings. The smallest absolute Gasteiger partial charge is 0.670 e.